The predicted molar refractivity (Wildman–Crippen MR) is 104 cm³/mol. The minimum atomic E-state index is 0.335. The van der Waals surface area contributed by atoms with Crippen LogP contribution in [0.4, 0.5) is 0 Å². The van der Waals surface area contributed by atoms with E-state index in [0.717, 1.165) is 68.6 Å². The molecule has 2 aliphatic rings. The van der Waals surface area contributed by atoms with Gasteiger partial charge in [-0.1, -0.05) is 11.6 Å². The summed E-state index contributed by atoms with van der Waals surface area (Å²) in [4.78, 5) is 19.3. The van der Waals surface area contributed by atoms with Crippen molar-refractivity contribution >= 4 is 17.5 Å². The third kappa shape index (κ3) is 4.78. The number of likely N-dealkylation sites (N-methyl/N-ethyl adjacent to an activating group) is 1. The van der Waals surface area contributed by atoms with Gasteiger partial charge in [-0.2, -0.15) is 5.10 Å². The van der Waals surface area contributed by atoms with Crippen LogP contribution < -0.4 is 0 Å². The van der Waals surface area contributed by atoms with Gasteiger partial charge in [0.15, 0.2) is 0 Å². The summed E-state index contributed by atoms with van der Waals surface area (Å²) >= 11 is 6.39. The first-order valence-electron chi connectivity index (χ1n) is 9.80. The van der Waals surface area contributed by atoms with Gasteiger partial charge in [0, 0.05) is 58.3 Å². The summed E-state index contributed by atoms with van der Waals surface area (Å²) in [5.74, 6) is 0.942. The van der Waals surface area contributed by atoms with Crippen LogP contribution in [0.1, 0.15) is 36.9 Å². The summed E-state index contributed by atoms with van der Waals surface area (Å²) in [5.41, 5.74) is 2.16. The molecule has 0 bridgehead atoms. The minimum Gasteiger partial charge on any atom is -0.340 e. The molecule has 1 aromatic heterocycles. The molecule has 3 heterocycles. The predicted octanol–water partition coefficient (Wildman–Crippen LogP) is 2.15. The van der Waals surface area contributed by atoms with Crippen molar-refractivity contribution in [2.45, 2.75) is 39.2 Å². The number of aromatic nitrogens is 2. The number of carbonyl (C=O) groups is 1. The lowest BCUT2D eigenvalue weighted by Gasteiger charge is -2.34. The summed E-state index contributed by atoms with van der Waals surface area (Å²) in [6.07, 6.45) is 4.12. The van der Waals surface area contributed by atoms with Crippen LogP contribution in [0, 0.1) is 12.8 Å². The average Bonchev–Trinajstić information content (AvgIpc) is 2.87. The van der Waals surface area contributed by atoms with Crippen molar-refractivity contribution in [3.05, 3.63) is 16.4 Å². The van der Waals surface area contributed by atoms with Crippen molar-refractivity contribution in [2.24, 2.45) is 13.0 Å². The lowest BCUT2D eigenvalue weighted by molar-refractivity contribution is -0.133. The molecule has 0 N–H and O–H groups in total. The van der Waals surface area contributed by atoms with E-state index in [1.165, 1.54) is 12.8 Å². The zero-order valence-corrected chi connectivity index (χ0v) is 17.1. The van der Waals surface area contributed by atoms with Gasteiger partial charge in [-0.15, -0.1) is 0 Å². The van der Waals surface area contributed by atoms with E-state index in [0.29, 0.717) is 18.2 Å². The van der Waals surface area contributed by atoms with Crippen molar-refractivity contribution in [1.82, 2.24) is 24.5 Å². The van der Waals surface area contributed by atoms with Crippen LogP contribution in [0.2, 0.25) is 5.15 Å². The Hall–Kier alpha value is -1.11. The summed E-state index contributed by atoms with van der Waals surface area (Å²) in [6, 6.07) is 0. The summed E-state index contributed by atoms with van der Waals surface area (Å²) in [5, 5.41) is 5.16. The maximum absolute atomic E-state index is 12.5. The van der Waals surface area contributed by atoms with Gasteiger partial charge < -0.3 is 9.80 Å². The zero-order valence-electron chi connectivity index (χ0n) is 16.4. The molecule has 0 spiro atoms. The first-order valence-corrected chi connectivity index (χ1v) is 10.2. The molecule has 6 nitrogen and oxygen atoms in total. The monoisotopic (exact) mass is 381 g/mol. The number of halogens is 1. The molecule has 0 aliphatic carbocycles. The molecule has 2 fully saturated rings. The standard InChI is InChI=1S/C19H32ClN5O/c1-15-17(19(20)23(3)21-15)14-24-8-4-5-16(13-24)6-7-18(26)25-11-9-22(2)10-12-25/h16H,4-14H2,1-3H3. The van der Waals surface area contributed by atoms with Crippen LogP contribution in [0.3, 0.4) is 0 Å². The number of piperidine rings is 1. The minimum absolute atomic E-state index is 0.335. The van der Waals surface area contributed by atoms with E-state index < -0.39 is 0 Å². The van der Waals surface area contributed by atoms with Crippen LogP contribution in [0.25, 0.3) is 0 Å². The molecule has 0 saturated carbocycles. The van der Waals surface area contributed by atoms with Crippen molar-refractivity contribution in [2.75, 3.05) is 46.3 Å². The lowest BCUT2D eigenvalue weighted by atomic mass is 9.93. The zero-order chi connectivity index (χ0) is 18.7. The Kier molecular flexibility index (Phi) is 6.59. The second-order valence-electron chi connectivity index (χ2n) is 7.94. The Labute approximate surface area is 162 Å². The topological polar surface area (TPSA) is 44.6 Å². The number of hydrogen-bond donors (Lipinski definition) is 0. The first-order chi connectivity index (χ1) is 12.4. The number of rotatable bonds is 5. The average molecular weight is 382 g/mol. The molecule has 2 aliphatic heterocycles. The Bertz CT molecular complexity index is 624. The van der Waals surface area contributed by atoms with Crippen LogP contribution in [-0.4, -0.2) is 76.7 Å². The molecule has 7 heteroatoms. The second kappa shape index (κ2) is 8.72. The second-order valence-corrected chi connectivity index (χ2v) is 8.30. The highest BCUT2D eigenvalue weighted by molar-refractivity contribution is 6.30. The fraction of sp³-hybridized carbons (Fsp3) is 0.789. The van der Waals surface area contributed by atoms with Gasteiger partial charge in [0.1, 0.15) is 5.15 Å². The summed E-state index contributed by atoms with van der Waals surface area (Å²) in [6.45, 7) is 8.80. The van der Waals surface area contributed by atoms with Gasteiger partial charge in [0.25, 0.3) is 0 Å². The Morgan fingerprint density at radius 3 is 2.58 bits per heavy atom. The van der Waals surface area contributed by atoms with Crippen molar-refractivity contribution in [1.29, 1.82) is 0 Å². The van der Waals surface area contributed by atoms with E-state index in [-0.39, 0.29) is 0 Å². The molecule has 2 saturated heterocycles. The lowest BCUT2D eigenvalue weighted by Crippen LogP contribution is -2.47. The van der Waals surface area contributed by atoms with Crippen LogP contribution in [0.15, 0.2) is 0 Å². The van der Waals surface area contributed by atoms with Gasteiger partial charge in [0.2, 0.25) is 5.91 Å². The molecule has 1 atom stereocenters. The Morgan fingerprint density at radius 2 is 1.92 bits per heavy atom. The van der Waals surface area contributed by atoms with Crippen LogP contribution in [0.5, 0.6) is 0 Å². The molecule has 1 unspecified atom stereocenters. The van der Waals surface area contributed by atoms with E-state index >= 15 is 0 Å². The van der Waals surface area contributed by atoms with E-state index in [4.69, 9.17) is 11.6 Å². The van der Waals surface area contributed by atoms with Gasteiger partial charge in [0.05, 0.1) is 5.69 Å². The molecular weight excluding hydrogens is 350 g/mol. The van der Waals surface area contributed by atoms with E-state index in [1.54, 1.807) is 4.68 Å². The molecule has 0 aromatic carbocycles. The number of carbonyl (C=O) groups excluding carboxylic acids is 1. The van der Waals surface area contributed by atoms with Crippen molar-refractivity contribution in [3.8, 4) is 0 Å². The number of likely N-dealkylation sites (tertiary alicyclic amines) is 1. The highest BCUT2D eigenvalue weighted by Gasteiger charge is 2.25. The third-order valence-electron chi connectivity index (χ3n) is 5.88. The maximum Gasteiger partial charge on any atom is 0.222 e. The van der Waals surface area contributed by atoms with Crippen LogP contribution >= 0.6 is 11.6 Å². The van der Waals surface area contributed by atoms with Crippen LogP contribution in [-0.2, 0) is 18.4 Å². The highest BCUT2D eigenvalue weighted by atomic mass is 35.5. The van der Waals surface area contributed by atoms with Gasteiger partial charge in [-0.05, 0) is 45.7 Å². The molecule has 146 valence electrons. The summed E-state index contributed by atoms with van der Waals surface area (Å²) < 4.78 is 1.75. The first kappa shape index (κ1) is 19.6. The normalized spacial score (nSPS) is 22.8. The number of nitrogens with zero attached hydrogens (tertiary/aromatic N) is 5. The fourth-order valence-corrected chi connectivity index (χ4v) is 4.38. The largest absolute Gasteiger partial charge is 0.340 e. The SMILES string of the molecule is Cc1nn(C)c(Cl)c1CN1CCCC(CCC(=O)N2CCN(C)CC2)C1. The van der Waals surface area contributed by atoms with Gasteiger partial charge >= 0.3 is 0 Å². The number of piperazine rings is 1. The maximum atomic E-state index is 12.5. The van der Waals surface area contributed by atoms with E-state index in [2.05, 4.69) is 21.9 Å². The van der Waals surface area contributed by atoms with Gasteiger partial charge in [-0.25, -0.2) is 0 Å². The Balaban J connectivity index is 1.47. The number of aryl methyl sites for hydroxylation is 2. The quantitative estimate of drug-likeness (QED) is 0.784. The highest BCUT2D eigenvalue weighted by Crippen LogP contribution is 2.26. The fourth-order valence-electron chi connectivity index (χ4n) is 4.15. The molecule has 3 rings (SSSR count). The Morgan fingerprint density at radius 1 is 1.19 bits per heavy atom. The van der Waals surface area contributed by atoms with Crippen molar-refractivity contribution < 1.29 is 4.79 Å². The number of amides is 1. The molecule has 26 heavy (non-hydrogen) atoms. The molecule has 1 aromatic rings. The third-order valence-corrected chi connectivity index (χ3v) is 6.35. The molecule has 1 amide bonds. The number of hydrogen-bond acceptors (Lipinski definition) is 4. The van der Waals surface area contributed by atoms with E-state index in [9.17, 15) is 4.79 Å². The smallest absolute Gasteiger partial charge is 0.222 e. The summed E-state index contributed by atoms with van der Waals surface area (Å²) in [7, 11) is 4.01. The van der Waals surface area contributed by atoms with E-state index in [1.807, 2.05) is 18.9 Å². The van der Waals surface area contributed by atoms with Gasteiger partial charge in [-0.3, -0.25) is 14.4 Å². The molecule has 0 radical (unpaired) electrons. The molecular formula is C19H32ClN5O. The van der Waals surface area contributed by atoms with Crippen molar-refractivity contribution in [3.63, 3.8) is 0 Å².